The minimum atomic E-state index is -0.0735. The lowest BCUT2D eigenvalue weighted by molar-refractivity contribution is 0.195. The monoisotopic (exact) mass is 260 g/mol. The highest BCUT2D eigenvalue weighted by molar-refractivity contribution is 7.10. The largest absolute Gasteiger partial charge is 0.395 e. The normalized spacial score (nSPS) is 18.1. The third kappa shape index (κ3) is 1.95. The first-order valence-corrected chi connectivity index (χ1v) is 7.19. The van der Waals surface area contributed by atoms with Crippen LogP contribution in [0.4, 0.5) is 0 Å². The van der Waals surface area contributed by atoms with Gasteiger partial charge in [-0.05, 0) is 25.0 Å². The molecular weight excluding hydrogens is 244 g/mol. The van der Waals surface area contributed by atoms with Crippen molar-refractivity contribution in [1.29, 1.82) is 0 Å². The maximum Gasteiger partial charge on any atom is 0.102 e. The fraction of sp³-hybridized carbons (Fsp3) is 0.429. The second-order valence-corrected chi connectivity index (χ2v) is 5.78. The van der Waals surface area contributed by atoms with Crippen LogP contribution in [0.3, 0.4) is 0 Å². The lowest BCUT2D eigenvalue weighted by atomic mass is 9.88. The van der Waals surface area contributed by atoms with E-state index in [2.05, 4.69) is 10.4 Å². The SMILES string of the molecule is OCC1(c2nc(-c3ccncc3)cs2)CCCC1. The highest BCUT2D eigenvalue weighted by Crippen LogP contribution is 2.42. The first-order chi connectivity index (χ1) is 8.84. The molecule has 0 amide bonds. The van der Waals surface area contributed by atoms with Crippen LogP contribution in [0.5, 0.6) is 0 Å². The molecule has 1 N–H and O–H groups in total. The summed E-state index contributed by atoms with van der Waals surface area (Å²) in [6, 6.07) is 3.94. The standard InChI is InChI=1S/C14H16N2OS/c17-10-14(5-1-2-6-14)13-16-12(9-18-13)11-3-7-15-8-4-11/h3-4,7-9,17H,1-2,5-6,10H2. The van der Waals surface area contributed by atoms with E-state index < -0.39 is 0 Å². The minimum Gasteiger partial charge on any atom is -0.395 e. The van der Waals surface area contributed by atoms with Gasteiger partial charge in [-0.2, -0.15) is 0 Å². The minimum absolute atomic E-state index is 0.0735. The molecule has 2 aromatic rings. The lowest BCUT2D eigenvalue weighted by Gasteiger charge is -2.23. The highest BCUT2D eigenvalue weighted by atomic mass is 32.1. The predicted molar refractivity (Wildman–Crippen MR) is 72.6 cm³/mol. The van der Waals surface area contributed by atoms with Crippen molar-refractivity contribution in [1.82, 2.24) is 9.97 Å². The molecule has 94 valence electrons. The highest BCUT2D eigenvalue weighted by Gasteiger charge is 2.37. The molecule has 2 aromatic heterocycles. The average Bonchev–Trinajstić information content (AvgIpc) is 3.09. The van der Waals surface area contributed by atoms with Crippen LogP contribution >= 0.6 is 11.3 Å². The molecule has 3 rings (SSSR count). The van der Waals surface area contributed by atoms with Crippen LogP contribution in [0.25, 0.3) is 11.3 Å². The molecule has 1 fully saturated rings. The first-order valence-electron chi connectivity index (χ1n) is 6.31. The van der Waals surface area contributed by atoms with Crippen molar-refractivity contribution in [3.05, 3.63) is 34.9 Å². The zero-order chi connectivity index (χ0) is 12.4. The first kappa shape index (κ1) is 11.8. The molecule has 0 aliphatic heterocycles. The summed E-state index contributed by atoms with van der Waals surface area (Å²) >= 11 is 1.67. The Morgan fingerprint density at radius 2 is 1.94 bits per heavy atom. The molecule has 0 spiro atoms. The van der Waals surface area contributed by atoms with Crippen LogP contribution < -0.4 is 0 Å². The van der Waals surface area contributed by atoms with E-state index in [1.165, 1.54) is 12.8 Å². The van der Waals surface area contributed by atoms with E-state index in [4.69, 9.17) is 4.98 Å². The van der Waals surface area contributed by atoms with Gasteiger partial charge in [-0.1, -0.05) is 12.8 Å². The Morgan fingerprint density at radius 1 is 1.22 bits per heavy atom. The van der Waals surface area contributed by atoms with Gasteiger partial charge in [-0.15, -0.1) is 11.3 Å². The molecular formula is C14H16N2OS. The molecule has 18 heavy (non-hydrogen) atoms. The second kappa shape index (κ2) is 4.78. The van der Waals surface area contributed by atoms with E-state index in [0.717, 1.165) is 29.1 Å². The van der Waals surface area contributed by atoms with E-state index in [0.29, 0.717) is 0 Å². The van der Waals surface area contributed by atoms with E-state index in [-0.39, 0.29) is 12.0 Å². The van der Waals surface area contributed by atoms with Gasteiger partial charge < -0.3 is 5.11 Å². The van der Waals surface area contributed by atoms with Gasteiger partial charge in [0.25, 0.3) is 0 Å². The maximum absolute atomic E-state index is 9.71. The molecule has 1 aliphatic carbocycles. The molecule has 3 nitrogen and oxygen atoms in total. The molecule has 0 aromatic carbocycles. The number of aliphatic hydroxyl groups is 1. The molecule has 0 saturated heterocycles. The van der Waals surface area contributed by atoms with Crippen molar-refractivity contribution < 1.29 is 5.11 Å². The Kier molecular flexibility index (Phi) is 3.14. The summed E-state index contributed by atoms with van der Waals surface area (Å²) in [6.07, 6.45) is 8.09. The van der Waals surface area contributed by atoms with Gasteiger partial charge in [0.2, 0.25) is 0 Å². The van der Waals surface area contributed by atoms with Gasteiger partial charge in [0, 0.05) is 28.8 Å². The molecule has 0 bridgehead atoms. The summed E-state index contributed by atoms with van der Waals surface area (Å²) < 4.78 is 0. The smallest absolute Gasteiger partial charge is 0.102 e. The third-order valence-electron chi connectivity index (χ3n) is 3.80. The zero-order valence-electron chi connectivity index (χ0n) is 10.2. The summed E-state index contributed by atoms with van der Waals surface area (Å²) in [5.41, 5.74) is 2.02. The van der Waals surface area contributed by atoms with Gasteiger partial charge in [-0.25, -0.2) is 4.98 Å². The Morgan fingerprint density at radius 3 is 2.61 bits per heavy atom. The maximum atomic E-state index is 9.71. The van der Waals surface area contributed by atoms with E-state index in [1.807, 2.05) is 12.1 Å². The molecule has 4 heteroatoms. The number of nitrogens with zero attached hydrogens (tertiary/aromatic N) is 2. The van der Waals surface area contributed by atoms with Crippen molar-refractivity contribution in [2.45, 2.75) is 31.1 Å². The van der Waals surface area contributed by atoms with Crippen molar-refractivity contribution in [2.24, 2.45) is 0 Å². The zero-order valence-corrected chi connectivity index (χ0v) is 11.0. The Labute approximate surface area is 111 Å². The van der Waals surface area contributed by atoms with E-state index in [1.54, 1.807) is 23.7 Å². The van der Waals surface area contributed by atoms with E-state index >= 15 is 0 Å². The molecule has 0 unspecified atom stereocenters. The van der Waals surface area contributed by atoms with Crippen LogP contribution in [0.15, 0.2) is 29.9 Å². The van der Waals surface area contributed by atoms with Crippen LogP contribution in [-0.2, 0) is 5.41 Å². The van der Waals surface area contributed by atoms with Crippen LogP contribution in [0.1, 0.15) is 30.7 Å². The quantitative estimate of drug-likeness (QED) is 0.922. The summed E-state index contributed by atoms with van der Waals surface area (Å²) in [5, 5.41) is 12.9. The number of rotatable bonds is 3. The third-order valence-corrected chi connectivity index (χ3v) is 4.89. The molecule has 0 atom stereocenters. The second-order valence-electron chi connectivity index (χ2n) is 4.92. The van der Waals surface area contributed by atoms with Crippen LogP contribution in [0.2, 0.25) is 0 Å². The summed E-state index contributed by atoms with van der Waals surface area (Å²) in [7, 11) is 0. The fourth-order valence-electron chi connectivity index (χ4n) is 2.66. The number of thiazole rings is 1. The number of pyridine rings is 1. The topological polar surface area (TPSA) is 46.0 Å². The van der Waals surface area contributed by atoms with Gasteiger partial charge >= 0.3 is 0 Å². The average molecular weight is 260 g/mol. The Hall–Kier alpha value is -1.26. The van der Waals surface area contributed by atoms with E-state index in [9.17, 15) is 5.11 Å². The number of hydrogen-bond acceptors (Lipinski definition) is 4. The van der Waals surface area contributed by atoms with Gasteiger partial charge in [0.15, 0.2) is 0 Å². The number of hydrogen-bond donors (Lipinski definition) is 1. The fourth-order valence-corrected chi connectivity index (χ4v) is 3.75. The Balaban J connectivity index is 1.94. The van der Waals surface area contributed by atoms with Gasteiger partial charge in [-0.3, -0.25) is 4.98 Å². The van der Waals surface area contributed by atoms with Crippen molar-refractivity contribution in [2.75, 3.05) is 6.61 Å². The summed E-state index contributed by atoms with van der Waals surface area (Å²) in [6.45, 7) is 0.219. The summed E-state index contributed by atoms with van der Waals surface area (Å²) in [4.78, 5) is 8.76. The van der Waals surface area contributed by atoms with Crippen molar-refractivity contribution in [3.63, 3.8) is 0 Å². The van der Waals surface area contributed by atoms with Crippen LogP contribution in [-0.4, -0.2) is 21.7 Å². The predicted octanol–water partition coefficient (Wildman–Crippen LogP) is 3.01. The van der Waals surface area contributed by atoms with Crippen LogP contribution in [0, 0.1) is 0 Å². The lowest BCUT2D eigenvalue weighted by Crippen LogP contribution is -2.26. The number of aliphatic hydroxyl groups excluding tert-OH is 1. The molecule has 0 radical (unpaired) electrons. The molecule has 1 aliphatic rings. The van der Waals surface area contributed by atoms with Gasteiger partial charge in [0.05, 0.1) is 12.3 Å². The molecule has 2 heterocycles. The Bertz CT molecular complexity index is 518. The van der Waals surface area contributed by atoms with Crippen molar-refractivity contribution in [3.8, 4) is 11.3 Å². The summed E-state index contributed by atoms with van der Waals surface area (Å²) in [5.74, 6) is 0. The van der Waals surface area contributed by atoms with Crippen molar-refractivity contribution >= 4 is 11.3 Å². The van der Waals surface area contributed by atoms with Gasteiger partial charge in [0.1, 0.15) is 5.01 Å². The number of aromatic nitrogens is 2. The molecule has 1 saturated carbocycles.